The number of fused-ring (bicyclic) bond motifs is 3. The predicted octanol–water partition coefficient (Wildman–Crippen LogP) is 3.44. The van der Waals surface area contributed by atoms with E-state index in [-0.39, 0.29) is 12.0 Å². The molecule has 2 bridgehead atoms. The molecule has 0 aromatic heterocycles. The van der Waals surface area contributed by atoms with E-state index in [1.807, 2.05) is 18.2 Å². The smallest absolute Gasteiger partial charge is 0.0849 e. The standard InChI is InChI=1S/C17H18O2/c18-17(15-10-12-8-9-16(15)19-12)14-7-3-5-11-4-1-2-6-13(11)14/h1-7,12,15-18H,8-10H2. The summed E-state index contributed by atoms with van der Waals surface area (Å²) in [5, 5.41) is 13.1. The Balaban J connectivity index is 1.74. The summed E-state index contributed by atoms with van der Waals surface area (Å²) >= 11 is 0. The van der Waals surface area contributed by atoms with Crippen molar-refractivity contribution >= 4 is 10.8 Å². The second kappa shape index (κ2) is 4.32. The van der Waals surface area contributed by atoms with Gasteiger partial charge in [0.25, 0.3) is 0 Å². The van der Waals surface area contributed by atoms with Crippen LogP contribution in [0.2, 0.25) is 0 Å². The highest BCUT2D eigenvalue weighted by molar-refractivity contribution is 5.86. The number of hydrogen-bond donors (Lipinski definition) is 1. The fraction of sp³-hybridized carbons (Fsp3) is 0.412. The first-order chi connectivity index (χ1) is 9.33. The number of hydrogen-bond acceptors (Lipinski definition) is 2. The maximum atomic E-state index is 10.8. The van der Waals surface area contributed by atoms with Gasteiger partial charge in [0.2, 0.25) is 0 Å². The minimum absolute atomic E-state index is 0.263. The fourth-order valence-electron chi connectivity index (χ4n) is 3.75. The molecule has 4 unspecified atom stereocenters. The highest BCUT2D eigenvalue weighted by Crippen LogP contribution is 2.45. The van der Waals surface area contributed by atoms with Crippen molar-refractivity contribution in [3.05, 3.63) is 48.0 Å². The van der Waals surface area contributed by atoms with Gasteiger partial charge in [-0.3, -0.25) is 0 Å². The Morgan fingerprint density at radius 3 is 2.68 bits per heavy atom. The molecule has 2 aromatic rings. The molecule has 0 spiro atoms. The van der Waals surface area contributed by atoms with Gasteiger partial charge in [0, 0.05) is 5.92 Å². The zero-order valence-electron chi connectivity index (χ0n) is 10.8. The Hall–Kier alpha value is -1.38. The van der Waals surface area contributed by atoms with Gasteiger partial charge in [-0.2, -0.15) is 0 Å². The second-order valence-corrected chi connectivity index (χ2v) is 5.79. The van der Waals surface area contributed by atoms with E-state index in [1.54, 1.807) is 0 Å². The van der Waals surface area contributed by atoms with E-state index in [0.717, 1.165) is 18.4 Å². The average molecular weight is 254 g/mol. The molecule has 0 amide bonds. The lowest BCUT2D eigenvalue weighted by Crippen LogP contribution is -2.23. The number of aliphatic hydroxyl groups is 1. The van der Waals surface area contributed by atoms with Crippen LogP contribution in [0.3, 0.4) is 0 Å². The summed E-state index contributed by atoms with van der Waals surface area (Å²) in [7, 11) is 0. The van der Waals surface area contributed by atoms with E-state index < -0.39 is 6.10 Å². The van der Waals surface area contributed by atoms with Crippen molar-refractivity contribution < 1.29 is 9.84 Å². The first-order valence-electron chi connectivity index (χ1n) is 7.14. The number of benzene rings is 2. The van der Waals surface area contributed by atoms with Crippen LogP contribution in [-0.4, -0.2) is 17.3 Å². The Kier molecular flexibility index (Phi) is 2.61. The summed E-state index contributed by atoms with van der Waals surface area (Å²) in [5.41, 5.74) is 1.05. The minimum Gasteiger partial charge on any atom is -0.388 e. The lowest BCUT2D eigenvalue weighted by molar-refractivity contribution is 0.0429. The van der Waals surface area contributed by atoms with Crippen molar-refractivity contribution in [2.45, 2.75) is 37.6 Å². The van der Waals surface area contributed by atoms with Crippen LogP contribution in [-0.2, 0) is 4.74 Å². The van der Waals surface area contributed by atoms with Gasteiger partial charge in [0.1, 0.15) is 0 Å². The summed E-state index contributed by atoms with van der Waals surface area (Å²) in [6.45, 7) is 0. The molecular weight excluding hydrogens is 236 g/mol. The molecular formula is C17H18O2. The van der Waals surface area contributed by atoms with Crippen LogP contribution < -0.4 is 0 Å². The third-order valence-corrected chi connectivity index (χ3v) is 4.70. The fourth-order valence-corrected chi connectivity index (χ4v) is 3.75. The number of rotatable bonds is 2. The molecule has 2 aromatic carbocycles. The van der Waals surface area contributed by atoms with Crippen LogP contribution in [0.25, 0.3) is 10.8 Å². The van der Waals surface area contributed by atoms with E-state index in [0.29, 0.717) is 6.10 Å². The quantitative estimate of drug-likeness (QED) is 0.889. The van der Waals surface area contributed by atoms with E-state index in [4.69, 9.17) is 4.74 Å². The van der Waals surface area contributed by atoms with E-state index in [1.165, 1.54) is 17.2 Å². The first kappa shape index (κ1) is 11.4. The van der Waals surface area contributed by atoms with E-state index in [9.17, 15) is 5.11 Å². The van der Waals surface area contributed by atoms with Crippen LogP contribution in [0.1, 0.15) is 30.9 Å². The van der Waals surface area contributed by atoms with Gasteiger partial charge in [-0.1, -0.05) is 42.5 Å². The van der Waals surface area contributed by atoms with Gasteiger partial charge in [0.05, 0.1) is 18.3 Å². The Morgan fingerprint density at radius 1 is 1.05 bits per heavy atom. The SMILES string of the molecule is OC(c1cccc2ccccc12)C1CC2CCC1O2. The van der Waals surface area contributed by atoms with Gasteiger partial charge >= 0.3 is 0 Å². The molecule has 2 nitrogen and oxygen atoms in total. The molecule has 98 valence electrons. The van der Waals surface area contributed by atoms with Gasteiger partial charge < -0.3 is 9.84 Å². The van der Waals surface area contributed by atoms with Crippen LogP contribution in [0.5, 0.6) is 0 Å². The van der Waals surface area contributed by atoms with Gasteiger partial charge in [0.15, 0.2) is 0 Å². The summed E-state index contributed by atoms with van der Waals surface area (Å²) in [6.07, 6.45) is 3.54. The Morgan fingerprint density at radius 2 is 1.89 bits per heavy atom. The molecule has 0 aliphatic carbocycles. The third-order valence-electron chi connectivity index (χ3n) is 4.70. The van der Waals surface area contributed by atoms with Crippen molar-refractivity contribution in [3.8, 4) is 0 Å². The van der Waals surface area contributed by atoms with Crippen LogP contribution in [0.4, 0.5) is 0 Å². The van der Waals surface area contributed by atoms with E-state index >= 15 is 0 Å². The molecule has 2 saturated heterocycles. The topological polar surface area (TPSA) is 29.5 Å². The molecule has 2 fully saturated rings. The molecule has 19 heavy (non-hydrogen) atoms. The number of ether oxygens (including phenoxy) is 1. The zero-order valence-corrected chi connectivity index (χ0v) is 10.8. The monoisotopic (exact) mass is 254 g/mol. The molecule has 4 rings (SSSR count). The first-order valence-corrected chi connectivity index (χ1v) is 7.14. The zero-order chi connectivity index (χ0) is 12.8. The predicted molar refractivity (Wildman–Crippen MR) is 74.9 cm³/mol. The van der Waals surface area contributed by atoms with E-state index in [2.05, 4.69) is 24.3 Å². The third kappa shape index (κ3) is 1.78. The Labute approximate surface area is 113 Å². The van der Waals surface area contributed by atoms with Crippen LogP contribution in [0, 0.1) is 5.92 Å². The maximum Gasteiger partial charge on any atom is 0.0849 e. The molecule has 2 aliphatic heterocycles. The molecule has 2 heterocycles. The molecule has 2 aliphatic rings. The second-order valence-electron chi connectivity index (χ2n) is 5.79. The van der Waals surface area contributed by atoms with Crippen molar-refractivity contribution in [2.75, 3.05) is 0 Å². The molecule has 0 radical (unpaired) electrons. The average Bonchev–Trinajstić information content (AvgIpc) is 3.08. The Bertz CT molecular complexity index is 602. The molecule has 0 saturated carbocycles. The summed E-state index contributed by atoms with van der Waals surface area (Å²) in [6, 6.07) is 14.5. The highest BCUT2D eigenvalue weighted by atomic mass is 16.5. The van der Waals surface area contributed by atoms with Crippen LogP contribution in [0.15, 0.2) is 42.5 Å². The van der Waals surface area contributed by atoms with Gasteiger partial charge in [-0.05, 0) is 35.6 Å². The van der Waals surface area contributed by atoms with Crippen molar-refractivity contribution in [1.82, 2.24) is 0 Å². The summed E-state index contributed by atoms with van der Waals surface area (Å²) in [5.74, 6) is 0.268. The van der Waals surface area contributed by atoms with Crippen molar-refractivity contribution in [2.24, 2.45) is 5.92 Å². The molecule has 4 atom stereocenters. The normalized spacial score (nSPS) is 30.9. The van der Waals surface area contributed by atoms with Gasteiger partial charge in [-0.15, -0.1) is 0 Å². The van der Waals surface area contributed by atoms with Crippen molar-refractivity contribution in [3.63, 3.8) is 0 Å². The molecule has 2 heteroatoms. The lowest BCUT2D eigenvalue weighted by atomic mass is 9.81. The minimum atomic E-state index is -0.401. The molecule has 1 N–H and O–H groups in total. The maximum absolute atomic E-state index is 10.8. The highest BCUT2D eigenvalue weighted by Gasteiger charge is 2.44. The van der Waals surface area contributed by atoms with Crippen LogP contribution >= 0.6 is 0 Å². The largest absolute Gasteiger partial charge is 0.388 e. The lowest BCUT2D eigenvalue weighted by Gasteiger charge is -2.25. The van der Waals surface area contributed by atoms with Gasteiger partial charge in [-0.25, -0.2) is 0 Å². The van der Waals surface area contributed by atoms with Crippen molar-refractivity contribution in [1.29, 1.82) is 0 Å². The summed E-state index contributed by atoms with van der Waals surface area (Å²) < 4.78 is 5.88. The number of aliphatic hydroxyl groups excluding tert-OH is 1. The summed E-state index contributed by atoms with van der Waals surface area (Å²) in [4.78, 5) is 0.